The first-order valence-corrected chi connectivity index (χ1v) is 6.88. The van der Waals surface area contributed by atoms with E-state index in [1.54, 1.807) is 0 Å². The Balaban J connectivity index is 1.82. The Morgan fingerprint density at radius 2 is 1.85 bits per heavy atom. The fourth-order valence-corrected chi connectivity index (χ4v) is 2.68. The number of fused-ring (bicyclic) bond motifs is 1. The zero-order chi connectivity index (χ0) is 14.1. The van der Waals surface area contributed by atoms with Gasteiger partial charge in [0.25, 0.3) is 5.91 Å². The number of carbonyl (C=O) groups excluding carboxylic acids is 1. The van der Waals surface area contributed by atoms with E-state index in [0.29, 0.717) is 5.56 Å². The van der Waals surface area contributed by atoms with E-state index < -0.39 is 0 Å². The van der Waals surface area contributed by atoms with Crippen LogP contribution in [0.3, 0.4) is 0 Å². The van der Waals surface area contributed by atoms with Gasteiger partial charge in [0.15, 0.2) is 0 Å². The van der Waals surface area contributed by atoms with E-state index in [1.165, 1.54) is 5.56 Å². The molecule has 0 atom stereocenters. The Labute approximate surface area is 119 Å². The molecule has 0 fully saturated rings. The van der Waals surface area contributed by atoms with Gasteiger partial charge in [-0.1, -0.05) is 12.1 Å². The monoisotopic (exact) mass is 266 g/mol. The number of aryl methyl sites for hydroxylation is 2. The van der Waals surface area contributed by atoms with Crippen molar-refractivity contribution in [3.8, 4) is 0 Å². The summed E-state index contributed by atoms with van der Waals surface area (Å²) < 4.78 is 0. The lowest BCUT2D eigenvalue weighted by Crippen LogP contribution is -2.12. The van der Waals surface area contributed by atoms with Crippen LogP contribution in [0.4, 0.5) is 11.4 Å². The molecule has 102 valence electrons. The second-order valence-corrected chi connectivity index (χ2v) is 5.38. The van der Waals surface area contributed by atoms with Crippen molar-refractivity contribution in [2.24, 2.45) is 0 Å². The van der Waals surface area contributed by atoms with E-state index in [-0.39, 0.29) is 5.91 Å². The summed E-state index contributed by atoms with van der Waals surface area (Å²) in [4.78, 5) is 12.3. The Kier molecular flexibility index (Phi) is 3.18. The minimum atomic E-state index is -0.0634. The predicted molar refractivity (Wildman–Crippen MR) is 82.5 cm³/mol. The van der Waals surface area contributed by atoms with Crippen LogP contribution in [-0.2, 0) is 6.42 Å². The number of benzene rings is 2. The molecule has 20 heavy (non-hydrogen) atoms. The Morgan fingerprint density at radius 1 is 1.10 bits per heavy atom. The maximum atomic E-state index is 12.3. The number of carbonyl (C=O) groups is 1. The molecule has 1 aliphatic rings. The molecule has 1 heterocycles. The van der Waals surface area contributed by atoms with Gasteiger partial charge >= 0.3 is 0 Å². The Bertz CT molecular complexity index is 656. The lowest BCUT2D eigenvalue weighted by Gasteiger charge is -2.09. The van der Waals surface area contributed by atoms with Crippen LogP contribution in [0.1, 0.15) is 27.0 Å². The largest absolute Gasteiger partial charge is 0.384 e. The van der Waals surface area contributed by atoms with Crippen LogP contribution in [0, 0.1) is 13.8 Å². The highest BCUT2D eigenvalue weighted by Crippen LogP contribution is 2.24. The van der Waals surface area contributed by atoms with Crippen LogP contribution in [0.25, 0.3) is 0 Å². The minimum absolute atomic E-state index is 0.0634. The van der Waals surface area contributed by atoms with Crippen LogP contribution < -0.4 is 10.6 Å². The van der Waals surface area contributed by atoms with Crippen LogP contribution in [0.2, 0.25) is 0 Å². The lowest BCUT2D eigenvalue weighted by atomic mass is 10.1. The van der Waals surface area contributed by atoms with E-state index in [4.69, 9.17) is 0 Å². The van der Waals surface area contributed by atoms with Gasteiger partial charge in [-0.2, -0.15) is 0 Å². The van der Waals surface area contributed by atoms with Crippen LogP contribution in [0.5, 0.6) is 0 Å². The SMILES string of the molecule is Cc1cc(C)cc(NC(=O)c2ccc3c(c2)NCC3)c1. The van der Waals surface area contributed by atoms with Gasteiger partial charge in [-0.3, -0.25) is 4.79 Å². The van der Waals surface area contributed by atoms with Gasteiger partial charge in [-0.15, -0.1) is 0 Å². The van der Waals surface area contributed by atoms with Crippen LogP contribution in [-0.4, -0.2) is 12.5 Å². The number of hydrogen-bond acceptors (Lipinski definition) is 2. The highest BCUT2D eigenvalue weighted by molar-refractivity contribution is 6.05. The summed E-state index contributed by atoms with van der Waals surface area (Å²) in [6.45, 7) is 5.02. The number of rotatable bonds is 2. The molecule has 2 N–H and O–H groups in total. The molecule has 3 heteroatoms. The maximum absolute atomic E-state index is 12.3. The summed E-state index contributed by atoms with van der Waals surface area (Å²) in [5.74, 6) is -0.0634. The first-order chi connectivity index (χ1) is 9.61. The first kappa shape index (κ1) is 12.7. The molecule has 3 rings (SSSR count). The van der Waals surface area contributed by atoms with Crippen LogP contribution in [0.15, 0.2) is 36.4 Å². The van der Waals surface area contributed by atoms with Crippen LogP contribution >= 0.6 is 0 Å². The number of anilines is 2. The molecule has 0 saturated heterocycles. The van der Waals surface area contributed by atoms with Crippen molar-refractivity contribution in [3.05, 3.63) is 58.7 Å². The maximum Gasteiger partial charge on any atom is 0.255 e. The second kappa shape index (κ2) is 5.00. The van der Waals surface area contributed by atoms with E-state index in [1.807, 2.05) is 44.2 Å². The van der Waals surface area contributed by atoms with Crippen molar-refractivity contribution in [2.45, 2.75) is 20.3 Å². The summed E-state index contributed by atoms with van der Waals surface area (Å²) in [5, 5.41) is 6.26. The molecule has 0 bridgehead atoms. The molecule has 3 nitrogen and oxygen atoms in total. The topological polar surface area (TPSA) is 41.1 Å². The van der Waals surface area contributed by atoms with E-state index >= 15 is 0 Å². The van der Waals surface area contributed by atoms with Crippen molar-refractivity contribution in [3.63, 3.8) is 0 Å². The third-order valence-electron chi connectivity index (χ3n) is 3.56. The normalized spacial score (nSPS) is 12.7. The summed E-state index contributed by atoms with van der Waals surface area (Å²) in [6, 6.07) is 11.9. The highest BCUT2D eigenvalue weighted by Gasteiger charge is 2.13. The minimum Gasteiger partial charge on any atom is -0.384 e. The fraction of sp³-hybridized carbons (Fsp3) is 0.235. The third-order valence-corrected chi connectivity index (χ3v) is 3.56. The molecule has 2 aromatic rings. The average molecular weight is 266 g/mol. The molecule has 0 spiro atoms. The van der Waals surface area contributed by atoms with E-state index in [9.17, 15) is 4.79 Å². The van der Waals surface area contributed by atoms with Gasteiger partial charge < -0.3 is 10.6 Å². The summed E-state index contributed by atoms with van der Waals surface area (Å²) >= 11 is 0. The third kappa shape index (κ3) is 2.52. The van der Waals surface area contributed by atoms with Crippen molar-refractivity contribution in [2.75, 3.05) is 17.2 Å². The molecule has 1 amide bonds. The summed E-state index contributed by atoms with van der Waals surface area (Å²) in [5.41, 5.74) is 6.20. The molecule has 2 aromatic carbocycles. The first-order valence-electron chi connectivity index (χ1n) is 6.88. The molecule has 0 saturated carbocycles. The van der Waals surface area contributed by atoms with Gasteiger partial charge in [-0.25, -0.2) is 0 Å². The van der Waals surface area contributed by atoms with E-state index in [2.05, 4.69) is 16.7 Å². The molecular weight excluding hydrogens is 248 g/mol. The van der Waals surface area contributed by atoms with Crippen molar-refractivity contribution in [1.29, 1.82) is 0 Å². The average Bonchev–Trinajstić information content (AvgIpc) is 2.84. The molecule has 0 aromatic heterocycles. The van der Waals surface area contributed by atoms with E-state index in [0.717, 1.165) is 35.5 Å². The number of nitrogens with one attached hydrogen (secondary N) is 2. The van der Waals surface area contributed by atoms with Crippen molar-refractivity contribution >= 4 is 17.3 Å². The smallest absolute Gasteiger partial charge is 0.255 e. The Morgan fingerprint density at radius 3 is 2.60 bits per heavy atom. The lowest BCUT2D eigenvalue weighted by molar-refractivity contribution is 0.102. The van der Waals surface area contributed by atoms with Gasteiger partial charge in [0.2, 0.25) is 0 Å². The molecule has 0 aliphatic carbocycles. The molecule has 0 unspecified atom stereocenters. The fourth-order valence-electron chi connectivity index (χ4n) is 2.68. The number of hydrogen-bond donors (Lipinski definition) is 2. The van der Waals surface area contributed by atoms with Gasteiger partial charge in [0.05, 0.1) is 0 Å². The summed E-state index contributed by atoms with van der Waals surface area (Å²) in [7, 11) is 0. The van der Waals surface area contributed by atoms with Gasteiger partial charge in [0, 0.05) is 23.5 Å². The van der Waals surface area contributed by atoms with Gasteiger partial charge in [-0.05, 0) is 61.2 Å². The second-order valence-electron chi connectivity index (χ2n) is 5.38. The zero-order valence-electron chi connectivity index (χ0n) is 11.8. The zero-order valence-corrected chi connectivity index (χ0v) is 11.8. The van der Waals surface area contributed by atoms with Crippen molar-refractivity contribution < 1.29 is 4.79 Å². The summed E-state index contributed by atoms with van der Waals surface area (Å²) in [6.07, 6.45) is 1.04. The highest BCUT2D eigenvalue weighted by atomic mass is 16.1. The van der Waals surface area contributed by atoms with Gasteiger partial charge in [0.1, 0.15) is 0 Å². The quantitative estimate of drug-likeness (QED) is 0.873. The molecule has 0 radical (unpaired) electrons. The Hall–Kier alpha value is -2.29. The number of amides is 1. The standard InChI is InChI=1S/C17H18N2O/c1-11-7-12(2)9-15(8-11)19-17(20)14-4-3-13-5-6-18-16(13)10-14/h3-4,7-10,18H,5-6H2,1-2H3,(H,19,20). The van der Waals surface area contributed by atoms with Crippen molar-refractivity contribution in [1.82, 2.24) is 0 Å². The molecule has 1 aliphatic heterocycles. The predicted octanol–water partition coefficient (Wildman–Crippen LogP) is 3.52. The molecular formula is C17H18N2O.